The van der Waals surface area contributed by atoms with Crippen LogP contribution >= 0.6 is 11.3 Å². The molecule has 2 rings (SSSR count). The summed E-state index contributed by atoms with van der Waals surface area (Å²) in [5.74, 6) is 0.371. The molecule has 0 radical (unpaired) electrons. The number of aryl methyl sites for hydroxylation is 1. The smallest absolute Gasteiger partial charge is 0.253 e. The summed E-state index contributed by atoms with van der Waals surface area (Å²) < 4.78 is 26.7. The van der Waals surface area contributed by atoms with Crippen LogP contribution in [0.1, 0.15) is 30.3 Å². The molecule has 0 unspecified atom stereocenters. The molecular weight excluding hydrogens is 282 g/mol. The Bertz CT molecular complexity index is 661. The largest absolute Gasteiger partial charge is 0.263 e. The van der Waals surface area contributed by atoms with E-state index in [1.807, 2.05) is 12.1 Å². The molecule has 0 saturated heterocycles. The van der Waals surface area contributed by atoms with Crippen molar-refractivity contribution in [2.24, 2.45) is 0 Å². The van der Waals surface area contributed by atoms with E-state index in [2.05, 4.69) is 28.8 Å². The van der Waals surface area contributed by atoms with Gasteiger partial charge in [-0.3, -0.25) is 4.72 Å². The molecule has 0 aliphatic heterocycles. The molecule has 1 heterocycles. The van der Waals surface area contributed by atoms with E-state index < -0.39 is 10.0 Å². The Morgan fingerprint density at radius 3 is 2.26 bits per heavy atom. The van der Waals surface area contributed by atoms with Gasteiger partial charge in [-0.1, -0.05) is 37.3 Å². The number of nitrogens with zero attached hydrogens (tertiary/aromatic N) is 2. The van der Waals surface area contributed by atoms with Crippen LogP contribution in [0, 0.1) is 6.92 Å². The van der Waals surface area contributed by atoms with E-state index in [0.717, 1.165) is 5.56 Å². The Balaban J connectivity index is 2.24. The first-order chi connectivity index (χ1) is 8.88. The third kappa shape index (κ3) is 3.30. The van der Waals surface area contributed by atoms with Crippen molar-refractivity contribution in [3.63, 3.8) is 0 Å². The molecule has 7 heteroatoms. The number of nitrogens with one attached hydrogen (secondary N) is 1. The fourth-order valence-corrected chi connectivity index (χ4v) is 3.37. The number of sulfonamides is 1. The predicted octanol–water partition coefficient (Wildman–Crippen LogP) is 2.77. The highest BCUT2D eigenvalue weighted by Gasteiger charge is 2.16. The van der Waals surface area contributed by atoms with Gasteiger partial charge in [-0.2, -0.15) is 0 Å². The van der Waals surface area contributed by atoms with E-state index in [1.165, 1.54) is 11.3 Å². The van der Waals surface area contributed by atoms with Crippen molar-refractivity contribution >= 4 is 26.5 Å². The summed E-state index contributed by atoms with van der Waals surface area (Å²) in [5.41, 5.74) is 1.10. The zero-order valence-corrected chi connectivity index (χ0v) is 12.5. The van der Waals surface area contributed by atoms with Gasteiger partial charge >= 0.3 is 0 Å². The summed E-state index contributed by atoms with van der Waals surface area (Å²) in [6, 6.07) is 6.85. The van der Waals surface area contributed by atoms with Gasteiger partial charge in [0.05, 0.1) is 4.90 Å². The minimum Gasteiger partial charge on any atom is -0.253 e. The SMILES string of the molecule is Cc1nnc(NS(=O)(=O)c2ccc(C(C)C)cc2)s1. The van der Waals surface area contributed by atoms with E-state index >= 15 is 0 Å². The Kier molecular flexibility index (Phi) is 3.86. The van der Waals surface area contributed by atoms with Crippen molar-refractivity contribution in [1.29, 1.82) is 0 Å². The van der Waals surface area contributed by atoms with E-state index in [0.29, 0.717) is 10.9 Å². The molecule has 0 atom stereocenters. The summed E-state index contributed by atoms with van der Waals surface area (Å²) in [6.07, 6.45) is 0. The first kappa shape index (κ1) is 14.0. The summed E-state index contributed by atoms with van der Waals surface area (Å²) in [5, 5.41) is 8.52. The molecule has 0 aliphatic rings. The van der Waals surface area contributed by atoms with Crippen LogP contribution in [-0.2, 0) is 10.0 Å². The van der Waals surface area contributed by atoms with Crippen LogP contribution in [0.15, 0.2) is 29.2 Å². The van der Waals surface area contributed by atoms with Gasteiger partial charge in [0.15, 0.2) is 0 Å². The van der Waals surface area contributed by atoms with Crippen molar-refractivity contribution in [2.45, 2.75) is 31.6 Å². The van der Waals surface area contributed by atoms with Crippen molar-refractivity contribution in [2.75, 3.05) is 4.72 Å². The third-order valence-electron chi connectivity index (χ3n) is 2.60. The number of hydrogen-bond acceptors (Lipinski definition) is 5. The monoisotopic (exact) mass is 297 g/mol. The van der Waals surface area contributed by atoms with E-state index in [9.17, 15) is 8.42 Å². The van der Waals surface area contributed by atoms with Crippen LogP contribution in [0.25, 0.3) is 0 Å². The lowest BCUT2D eigenvalue weighted by Crippen LogP contribution is -2.12. The number of hydrogen-bond donors (Lipinski definition) is 1. The van der Waals surface area contributed by atoms with Crippen LogP contribution in [0.3, 0.4) is 0 Å². The van der Waals surface area contributed by atoms with Gasteiger partial charge in [-0.25, -0.2) is 8.42 Å². The first-order valence-electron chi connectivity index (χ1n) is 5.81. The molecule has 0 bridgehead atoms. The van der Waals surface area contributed by atoms with Crippen molar-refractivity contribution < 1.29 is 8.42 Å². The molecule has 0 aliphatic carbocycles. The fourth-order valence-electron chi connectivity index (χ4n) is 1.54. The second-order valence-corrected chi connectivity index (χ2v) is 7.32. The standard InChI is InChI=1S/C12H15N3O2S2/c1-8(2)10-4-6-11(7-5-10)19(16,17)15-12-14-13-9(3)18-12/h4-8H,1-3H3,(H,14,15). The average molecular weight is 297 g/mol. The van der Waals surface area contributed by atoms with E-state index in [-0.39, 0.29) is 10.0 Å². The number of aromatic nitrogens is 2. The second kappa shape index (κ2) is 5.26. The van der Waals surface area contributed by atoms with Gasteiger partial charge in [-0.05, 0) is 30.5 Å². The molecule has 19 heavy (non-hydrogen) atoms. The second-order valence-electron chi connectivity index (χ2n) is 4.46. The number of rotatable bonds is 4. The lowest BCUT2D eigenvalue weighted by Gasteiger charge is -2.08. The molecule has 5 nitrogen and oxygen atoms in total. The summed E-state index contributed by atoms with van der Waals surface area (Å²) in [6.45, 7) is 5.89. The maximum absolute atomic E-state index is 12.1. The van der Waals surface area contributed by atoms with Crippen molar-refractivity contribution in [3.8, 4) is 0 Å². The maximum atomic E-state index is 12.1. The van der Waals surface area contributed by atoms with Gasteiger partial charge in [0.1, 0.15) is 5.01 Å². The molecular formula is C12H15N3O2S2. The fraction of sp³-hybridized carbons (Fsp3) is 0.333. The molecule has 2 aromatic rings. The zero-order valence-electron chi connectivity index (χ0n) is 10.9. The molecule has 0 fully saturated rings. The van der Waals surface area contributed by atoms with Gasteiger partial charge < -0.3 is 0 Å². The Labute approximate surface area is 116 Å². The molecule has 1 aromatic heterocycles. The molecule has 0 spiro atoms. The maximum Gasteiger partial charge on any atom is 0.263 e. The highest BCUT2D eigenvalue weighted by atomic mass is 32.2. The minimum atomic E-state index is -3.58. The molecule has 1 N–H and O–H groups in total. The van der Waals surface area contributed by atoms with Gasteiger partial charge in [-0.15, -0.1) is 10.2 Å². The highest BCUT2D eigenvalue weighted by Crippen LogP contribution is 2.21. The molecule has 1 aromatic carbocycles. The van der Waals surface area contributed by atoms with Crippen LogP contribution < -0.4 is 4.72 Å². The molecule has 0 amide bonds. The van der Waals surface area contributed by atoms with Crippen molar-refractivity contribution in [3.05, 3.63) is 34.8 Å². The molecule has 102 valence electrons. The van der Waals surface area contributed by atoms with Gasteiger partial charge in [0, 0.05) is 0 Å². The van der Waals surface area contributed by atoms with Crippen LogP contribution in [0.5, 0.6) is 0 Å². The first-order valence-corrected chi connectivity index (χ1v) is 8.11. The Morgan fingerprint density at radius 1 is 1.16 bits per heavy atom. The van der Waals surface area contributed by atoms with Crippen LogP contribution in [0.2, 0.25) is 0 Å². The van der Waals surface area contributed by atoms with Crippen LogP contribution in [0.4, 0.5) is 5.13 Å². The Morgan fingerprint density at radius 2 is 1.79 bits per heavy atom. The van der Waals surface area contributed by atoms with Gasteiger partial charge in [0.25, 0.3) is 10.0 Å². The zero-order chi connectivity index (χ0) is 14.0. The lowest BCUT2D eigenvalue weighted by atomic mass is 10.0. The highest BCUT2D eigenvalue weighted by molar-refractivity contribution is 7.93. The summed E-state index contributed by atoms with van der Waals surface area (Å²) in [7, 11) is -3.58. The summed E-state index contributed by atoms with van der Waals surface area (Å²) in [4.78, 5) is 0.227. The normalized spacial score (nSPS) is 11.8. The Hall–Kier alpha value is -1.47. The quantitative estimate of drug-likeness (QED) is 0.942. The van der Waals surface area contributed by atoms with E-state index in [1.54, 1.807) is 19.1 Å². The minimum absolute atomic E-state index is 0.227. The lowest BCUT2D eigenvalue weighted by molar-refractivity contribution is 0.601. The van der Waals surface area contributed by atoms with Crippen LogP contribution in [-0.4, -0.2) is 18.6 Å². The average Bonchev–Trinajstić information content (AvgIpc) is 2.74. The molecule has 0 saturated carbocycles. The third-order valence-corrected chi connectivity index (χ3v) is 4.84. The van der Waals surface area contributed by atoms with Gasteiger partial charge in [0.2, 0.25) is 5.13 Å². The predicted molar refractivity (Wildman–Crippen MR) is 76.0 cm³/mol. The van der Waals surface area contributed by atoms with E-state index in [4.69, 9.17) is 0 Å². The topological polar surface area (TPSA) is 72.0 Å². The summed E-state index contributed by atoms with van der Waals surface area (Å²) >= 11 is 1.20. The van der Waals surface area contributed by atoms with Crippen molar-refractivity contribution in [1.82, 2.24) is 10.2 Å². The number of anilines is 1. The number of benzene rings is 1.